The Kier molecular flexibility index (Phi) is 6.40. The minimum Gasteiger partial charge on any atom is -0.342 e. The average molecular weight is 448 g/mol. The first-order valence-corrected chi connectivity index (χ1v) is 13.0. The van der Waals surface area contributed by atoms with E-state index in [2.05, 4.69) is 4.72 Å². The van der Waals surface area contributed by atoms with Gasteiger partial charge in [0.15, 0.2) is 0 Å². The Labute approximate surface area is 185 Å². The fourth-order valence-corrected chi connectivity index (χ4v) is 6.54. The van der Waals surface area contributed by atoms with Crippen LogP contribution in [-0.4, -0.2) is 50.8 Å². The van der Waals surface area contributed by atoms with E-state index in [4.69, 9.17) is 0 Å². The van der Waals surface area contributed by atoms with Crippen molar-refractivity contribution in [3.63, 3.8) is 0 Å². The van der Waals surface area contributed by atoms with Gasteiger partial charge in [-0.15, -0.1) is 0 Å². The van der Waals surface area contributed by atoms with Gasteiger partial charge in [-0.25, -0.2) is 13.1 Å². The molecule has 2 aliphatic heterocycles. The Morgan fingerprint density at radius 3 is 2.42 bits per heavy atom. The van der Waals surface area contributed by atoms with Crippen LogP contribution in [0.4, 0.5) is 5.69 Å². The lowest BCUT2D eigenvalue weighted by molar-refractivity contribution is -0.135. The molecule has 3 aliphatic rings. The first-order chi connectivity index (χ1) is 14.8. The molecule has 1 aromatic rings. The number of carbonyl (C=O) groups excluding carboxylic acids is 2. The molecule has 1 unspecified atom stereocenters. The molecule has 1 aromatic carbocycles. The molecular weight excluding hydrogens is 414 g/mol. The summed E-state index contributed by atoms with van der Waals surface area (Å²) in [7, 11) is -3.61. The van der Waals surface area contributed by atoms with Crippen LogP contribution >= 0.6 is 0 Å². The van der Waals surface area contributed by atoms with Gasteiger partial charge in [0.25, 0.3) is 0 Å². The summed E-state index contributed by atoms with van der Waals surface area (Å²) in [6.45, 7) is 5.69. The Morgan fingerprint density at radius 1 is 1.10 bits per heavy atom. The summed E-state index contributed by atoms with van der Waals surface area (Å²) in [5.41, 5.74) is 1.70. The van der Waals surface area contributed by atoms with Gasteiger partial charge in [0, 0.05) is 44.2 Å². The molecule has 1 saturated carbocycles. The maximum Gasteiger partial charge on any atom is 0.240 e. The Bertz CT molecular complexity index is 948. The SMILES string of the molecule is CC(=O)N1c2ccc(S(=O)(=O)NCC3CCC(C(=O)N4CCCC4)CC3)cc2CC1C. The quantitative estimate of drug-likeness (QED) is 0.752. The van der Waals surface area contributed by atoms with Crippen LogP contribution in [0, 0.1) is 11.8 Å². The highest BCUT2D eigenvalue weighted by Crippen LogP contribution is 2.34. The van der Waals surface area contributed by atoms with Gasteiger partial charge in [-0.3, -0.25) is 9.59 Å². The third kappa shape index (κ3) is 4.65. The zero-order valence-electron chi connectivity index (χ0n) is 18.5. The standard InChI is InChI=1S/C23H33N3O4S/c1-16-13-20-14-21(9-10-22(20)26(16)17(2)27)31(29,30)24-15-18-5-7-19(8-6-18)23(28)25-11-3-4-12-25/h9-10,14,16,18-19,24H,3-8,11-13,15H2,1-2H3. The molecule has 1 saturated heterocycles. The predicted octanol–water partition coefficient (Wildman–Crippen LogP) is 2.69. The Morgan fingerprint density at radius 2 is 1.77 bits per heavy atom. The smallest absolute Gasteiger partial charge is 0.240 e. The van der Waals surface area contributed by atoms with E-state index in [0.29, 0.717) is 18.9 Å². The van der Waals surface area contributed by atoms with Crippen molar-refractivity contribution in [2.24, 2.45) is 11.8 Å². The molecule has 1 atom stereocenters. The second-order valence-electron chi connectivity index (χ2n) is 9.33. The second-order valence-corrected chi connectivity index (χ2v) is 11.1. The van der Waals surface area contributed by atoms with Crippen molar-refractivity contribution < 1.29 is 18.0 Å². The number of hydrogen-bond acceptors (Lipinski definition) is 4. The van der Waals surface area contributed by atoms with Gasteiger partial charge in [-0.05, 0) is 81.5 Å². The molecule has 0 radical (unpaired) electrons. The number of nitrogens with zero attached hydrogens (tertiary/aromatic N) is 2. The summed E-state index contributed by atoms with van der Waals surface area (Å²) in [6.07, 6.45) is 6.32. The monoisotopic (exact) mass is 447 g/mol. The zero-order valence-corrected chi connectivity index (χ0v) is 19.3. The molecular formula is C23H33N3O4S. The average Bonchev–Trinajstić information content (AvgIpc) is 3.38. The van der Waals surface area contributed by atoms with Crippen LogP contribution < -0.4 is 9.62 Å². The molecule has 2 amide bonds. The molecule has 0 bridgehead atoms. The van der Waals surface area contributed by atoms with Gasteiger partial charge in [-0.2, -0.15) is 0 Å². The van der Waals surface area contributed by atoms with Crippen molar-refractivity contribution >= 4 is 27.5 Å². The number of amides is 2. The minimum absolute atomic E-state index is 0.0289. The fourth-order valence-electron chi connectivity index (χ4n) is 5.37. The van der Waals surface area contributed by atoms with Crippen LogP contribution in [0.25, 0.3) is 0 Å². The number of hydrogen-bond donors (Lipinski definition) is 1. The zero-order chi connectivity index (χ0) is 22.2. The summed E-state index contributed by atoms with van der Waals surface area (Å²) >= 11 is 0. The molecule has 31 heavy (non-hydrogen) atoms. The lowest BCUT2D eigenvalue weighted by Crippen LogP contribution is -2.37. The van der Waals surface area contributed by atoms with Crippen LogP contribution in [-0.2, 0) is 26.0 Å². The maximum atomic E-state index is 12.9. The van der Waals surface area contributed by atoms with Gasteiger partial charge in [0.1, 0.15) is 0 Å². The third-order valence-corrected chi connectivity index (χ3v) is 8.51. The van der Waals surface area contributed by atoms with Crippen LogP contribution in [0.15, 0.2) is 23.1 Å². The van der Waals surface area contributed by atoms with Crippen LogP contribution in [0.2, 0.25) is 0 Å². The lowest BCUT2D eigenvalue weighted by Gasteiger charge is -2.30. The molecule has 1 N–H and O–H groups in total. The Hall–Kier alpha value is -1.93. The van der Waals surface area contributed by atoms with E-state index in [0.717, 1.165) is 62.9 Å². The number of likely N-dealkylation sites (tertiary alicyclic amines) is 1. The number of rotatable bonds is 5. The van der Waals surface area contributed by atoms with Crippen molar-refractivity contribution in [2.45, 2.75) is 69.7 Å². The molecule has 2 heterocycles. The number of anilines is 1. The number of benzene rings is 1. The largest absolute Gasteiger partial charge is 0.342 e. The van der Waals surface area contributed by atoms with Crippen molar-refractivity contribution in [3.05, 3.63) is 23.8 Å². The minimum atomic E-state index is -3.61. The molecule has 8 heteroatoms. The van der Waals surface area contributed by atoms with Crippen molar-refractivity contribution in [1.29, 1.82) is 0 Å². The lowest BCUT2D eigenvalue weighted by atomic mass is 9.81. The third-order valence-electron chi connectivity index (χ3n) is 7.09. The normalized spacial score (nSPS) is 26.2. The molecule has 7 nitrogen and oxygen atoms in total. The molecule has 4 rings (SSSR count). The van der Waals surface area contributed by atoms with Crippen molar-refractivity contribution in [1.82, 2.24) is 9.62 Å². The highest BCUT2D eigenvalue weighted by Gasteiger charge is 2.32. The highest BCUT2D eigenvalue weighted by molar-refractivity contribution is 7.89. The van der Waals surface area contributed by atoms with E-state index in [1.165, 1.54) is 6.92 Å². The summed E-state index contributed by atoms with van der Waals surface area (Å²) in [4.78, 5) is 28.4. The van der Waals surface area contributed by atoms with E-state index < -0.39 is 10.0 Å². The molecule has 170 valence electrons. The van der Waals surface area contributed by atoms with Gasteiger partial charge >= 0.3 is 0 Å². The summed E-state index contributed by atoms with van der Waals surface area (Å²) < 4.78 is 28.5. The second kappa shape index (κ2) is 8.90. The van der Waals surface area contributed by atoms with Crippen molar-refractivity contribution in [2.75, 3.05) is 24.5 Å². The first-order valence-electron chi connectivity index (χ1n) is 11.5. The van der Waals surface area contributed by atoms with Gasteiger partial charge in [0.2, 0.25) is 21.8 Å². The number of carbonyl (C=O) groups is 2. The molecule has 1 aliphatic carbocycles. The number of fused-ring (bicyclic) bond motifs is 1. The van der Waals surface area contributed by atoms with Crippen LogP contribution in [0.5, 0.6) is 0 Å². The van der Waals surface area contributed by atoms with Gasteiger partial charge < -0.3 is 9.80 Å². The van der Waals surface area contributed by atoms with Crippen LogP contribution in [0.3, 0.4) is 0 Å². The topological polar surface area (TPSA) is 86.8 Å². The molecule has 0 aromatic heterocycles. The number of nitrogens with one attached hydrogen (secondary N) is 1. The maximum absolute atomic E-state index is 12.9. The van der Waals surface area contributed by atoms with Gasteiger partial charge in [-0.1, -0.05) is 0 Å². The fraction of sp³-hybridized carbons (Fsp3) is 0.652. The van der Waals surface area contributed by atoms with E-state index in [1.54, 1.807) is 23.1 Å². The van der Waals surface area contributed by atoms with E-state index in [-0.39, 0.29) is 28.7 Å². The Balaban J connectivity index is 1.33. The van der Waals surface area contributed by atoms with E-state index >= 15 is 0 Å². The highest BCUT2D eigenvalue weighted by atomic mass is 32.2. The first kappa shape index (κ1) is 22.3. The van der Waals surface area contributed by atoms with Crippen molar-refractivity contribution in [3.8, 4) is 0 Å². The summed E-state index contributed by atoms with van der Waals surface area (Å²) in [5.74, 6) is 0.635. The molecule has 0 spiro atoms. The van der Waals surface area contributed by atoms with E-state index in [9.17, 15) is 18.0 Å². The number of sulfonamides is 1. The summed E-state index contributed by atoms with van der Waals surface area (Å²) in [5, 5.41) is 0. The molecule has 2 fully saturated rings. The van der Waals surface area contributed by atoms with Gasteiger partial charge in [0.05, 0.1) is 4.90 Å². The van der Waals surface area contributed by atoms with Crippen LogP contribution in [0.1, 0.15) is 57.9 Å². The van der Waals surface area contributed by atoms with E-state index in [1.807, 2.05) is 11.8 Å². The predicted molar refractivity (Wildman–Crippen MR) is 119 cm³/mol. The summed E-state index contributed by atoms with van der Waals surface area (Å²) in [6, 6.07) is 5.06.